The lowest BCUT2D eigenvalue weighted by atomic mass is 10.1. The van der Waals surface area contributed by atoms with Crippen LogP contribution in [0, 0.1) is 20.8 Å². The third-order valence-electron chi connectivity index (χ3n) is 5.52. The second-order valence-electron chi connectivity index (χ2n) is 7.90. The molecule has 0 fully saturated rings. The minimum Gasteiger partial charge on any atom is -0.486 e. The van der Waals surface area contributed by atoms with Crippen LogP contribution in [0.1, 0.15) is 47.7 Å². The summed E-state index contributed by atoms with van der Waals surface area (Å²) in [6.07, 6.45) is 0.869. The van der Waals surface area contributed by atoms with Crippen LogP contribution in [-0.4, -0.2) is 22.0 Å². The Morgan fingerprint density at radius 2 is 1.90 bits per heavy atom. The van der Waals surface area contributed by atoms with Crippen LogP contribution in [0.25, 0.3) is 0 Å². The van der Waals surface area contributed by atoms with Gasteiger partial charge in [0.15, 0.2) is 0 Å². The lowest BCUT2D eigenvalue weighted by molar-refractivity contribution is 0.186. The summed E-state index contributed by atoms with van der Waals surface area (Å²) in [5.41, 5.74) is 5.19. The first-order valence-corrected chi connectivity index (χ1v) is 11.5. The molecule has 3 rings (SSSR count). The Bertz CT molecular complexity index is 1010. The molecule has 1 aromatic heterocycles. The van der Waals surface area contributed by atoms with Crippen molar-refractivity contribution in [2.75, 3.05) is 5.32 Å². The van der Waals surface area contributed by atoms with Crippen molar-refractivity contribution < 1.29 is 9.53 Å². The van der Waals surface area contributed by atoms with Crippen molar-refractivity contribution in [1.82, 2.24) is 9.88 Å². The lowest BCUT2D eigenvalue weighted by Crippen LogP contribution is -2.40. The predicted octanol–water partition coefficient (Wildman–Crippen LogP) is 6.48. The number of anilines is 1. The molecular weight excluding hydrogens is 406 g/mol. The van der Waals surface area contributed by atoms with E-state index in [1.807, 2.05) is 53.6 Å². The van der Waals surface area contributed by atoms with Gasteiger partial charge >= 0.3 is 6.03 Å². The molecule has 3 aromatic rings. The molecule has 164 valence electrons. The van der Waals surface area contributed by atoms with Gasteiger partial charge in [-0.2, -0.15) is 0 Å². The van der Waals surface area contributed by atoms with E-state index >= 15 is 0 Å². The Balaban J connectivity index is 1.65. The van der Waals surface area contributed by atoms with Crippen molar-refractivity contribution in [2.24, 2.45) is 0 Å². The predicted molar refractivity (Wildman–Crippen MR) is 128 cm³/mol. The number of carbonyl (C=O) groups excluding carboxylic acids is 1. The van der Waals surface area contributed by atoms with Crippen molar-refractivity contribution in [3.05, 3.63) is 75.2 Å². The molecule has 31 heavy (non-hydrogen) atoms. The zero-order valence-corrected chi connectivity index (χ0v) is 19.8. The summed E-state index contributed by atoms with van der Waals surface area (Å²) < 4.78 is 5.98. The van der Waals surface area contributed by atoms with Crippen LogP contribution in [0.4, 0.5) is 10.5 Å². The largest absolute Gasteiger partial charge is 0.486 e. The van der Waals surface area contributed by atoms with Gasteiger partial charge in [0.05, 0.1) is 12.2 Å². The highest BCUT2D eigenvalue weighted by atomic mass is 32.1. The normalized spacial score (nSPS) is 11.8. The highest BCUT2D eigenvalue weighted by molar-refractivity contribution is 7.09. The van der Waals surface area contributed by atoms with E-state index < -0.39 is 0 Å². The average molecular weight is 438 g/mol. The molecule has 1 heterocycles. The van der Waals surface area contributed by atoms with Gasteiger partial charge < -0.3 is 15.0 Å². The smallest absolute Gasteiger partial charge is 0.322 e. The van der Waals surface area contributed by atoms with E-state index in [0.29, 0.717) is 13.2 Å². The first kappa shape index (κ1) is 22.8. The maximum absolute atomic E-state index is 13.0. The number of hydrogen-bond donors (Lipinski definition) is 1. The van der Waals surface area contributed by atoms with E-state index in [0.717, 1.165) is 39.7 Å². The summed E-state index contributed by atoms with van der Waals surface area (Å²) in [4.78, 5) is 19.5. The second-order valence-corrected chi connectivity index (χ2v) is 8.84. The maximum Gasteiger partial charge on any atom is 0.322 e. The van der Waals surface area contributed by atoms with E-state index in [9.17, 15) is 4.79 Å². The SMILES string of the molecule is CC[C@H](C)N(Cc1csc(COc2cccc(C)c2C)n1)C(=O)Nc1ccc(C)cc1. The van der Waals surface area contributed by atoms with Crippen LogP contribution in [0.5, 0.6) is 5.75 Å². The average Bonchev–Trinajstić information content (AvgIpc) is 3.21. The Labute approximate surface area is 189 Å². The van der Waals surface area contributed by atoms with Crippen LogP contribution in [0.15, 0.2) is 47.8 Å². The minimum atomic E-state index is -0.112. The summed E-state index contributed by atoms with van der Waals surface area (Å²) in [5.74, 6) is 0.885. The van der Waals surface area contributed by atoms with Crippen LogP contribution in [0.2, 0.25) is 0 Å². The van der Waals surface area contributed by atoms with Gasteiger partial charge in [-0.05, 0) is 63.4 Å². The summed E-state index contributed by atoms with van der Waals surface area (Å²) in [5, 5.41) is 5.92. The summed E-state index contributed by atoms with van der Waals surface area (Å²) in [7, 11) is 0. The van der Waals surface area contributed by atoms with E-state index in [4.69, 9.17) is 9.72 Å². The Hall–Kier alpha value is -2.86. The number of nitrogens with one attached hydrogen (secondary N) is 1. The van der Waals surface area contributed by atoms with E-state index in [2.05, 4.69) is 39.1 Å². The number of aryl methyl sites for hydroxylation is 2. The van der Waals surface area contributed by atoms with Crippen LogP contribution in [-0.2, 0) is 13.2 Å². The fourth-order valence-corrected chi connectivity index (χ4v) is 3.86. The topological polar surface area (TPSA) is 54.5 Å². The van der Waals surface area contributed by atoms with Gasteiger partial charge in [-0.1, -0.05) is 36.8 Å². The number of urea groups is 1. The number of hydrogen-bond acceptors (Lipinski definition) is 4. The molecule has 1 atom stereocenters. The number of thiazole rings is 1. The van der Waals surface area contributed by atoms with Gasteiger partial charge in [0, 0.05) is 17.1 Å². The standard InChI is InChI=1S/C25H31N3O2S/c1-6-19(4)28(25(29)27-21-12-10-17(2)11-13-21)14-22-16-31-24(26-22)15-30-23-9-7-8-18(3)20(23)5/h7-13,16,19H,6,14-15H2,1-5H3,(H,27,29)/t19-/m0/s1. The number of ether oxygens (including phenoxy) is 1. The van der Waals surface area contributed by atoms with Crippen molar-refractivity contribution in [3.8, 4) is 5.75 Å². The molecule has 0 saturated heterocycles. The van der Waals surface area contributed by atoms with Crippen molar-refractivity contribution in [3.63, 3.8) is 0 Å². The first-order valence-electron chi connectivity index (χ1n) is 10.6. The lowest BCUT2D eigenvalue weighted by Gasteiger charge is -2.28. The molecule has 0 aliphatic heterocycles. The van der Waals surface area contributed by atoms with Gasteiger partial charge in [-0.15, -0.1) is 11.3 Å². The molecule has 0 radical (unpaired) electrons. The number of benzene rings is 2. The molecule has 2 amide bonds. The fourth-order valence-electron chi connectivity index (χ4n) is 3.16. The highest BCUT2D eigenvalue weighted by Crippen LogP contribution is 2.23. The third-order valence-corrected chi connectivity index (χ3v) is 6.40. The first-order chi connectivity index (χ1) is 14.9. The van der Waals surface area contributed by atoms with Gasteiger partial charge in [0.2, 0.25) is 0 Å². The zero-order chi connectivity index (χ0) is 22.4. The van der Waals surface area contributed by atoms with Crippen LogP contribution >= 0.6 is 11.3 Å². The summed E-state index contributed by atoms with van der Waals surface area (Å²) >= 11 is 1.56. The zero-order valence-electron chi connectivity index (χ0n) is 18.9. The molecule has 0 saturated carbocycles. The number of nitrogens with zero attached hydrogens (tertiary/aromatic N) is 2. The van der Waals surface area contributed by atoms with E-state index in [1.54, 1.807) is 11.3 Å². The Morgan fingerprint density at radius 1 is 1.16 bits per heavy atom. The van der Waals surface area contributed by atoms with Crippen molar-refractivity contribution >= 4 is 23.1 Å². The highest BCUT2D eigenvalue weighted by Gasteiger charge is 2.21. The molecule has 6 heteroatoms. The van der Waals surface area contributed by atoms with Crippen molar-refractivity contribution in [2.45, 2.75) is 60.2 Å². The molecule has 0 aliphatic carbocycles. The van der Waals surface area contributed by atoms with Crippen LogP contribution < -0.4 is 10.1 Å². The Kier molecular flexibility index (Phi) is 7.69. The molecule has 5 nitrogen and oxygen atoms in total. The summed E-state index contributed by atoms with van der Waals surface area (Å²) in [6.45, 7) is 11.2. The molecule has 0 unspecified atom stereocenters. The molecule has 2 aromatic carbocycles. The number of carbonyl (C=O) groups is 1. The molecule has 1 N–H and O–H groups in total. The fraction of sp³-hybridized carbons (Fsp3) is 0.360. The molecule has 0 aliphatic rings. The molecular formula is C25H31N3O2S. The minimum absolute atomic E-state index is 0.0989. The van der Waals surface area contributed by atoms with E-state index in [1.165, 1.54) is 5.56 Å². The van der Waals surface area contributed by atoms with Gasteiger partial charge in [-0.25, -0.2) is 9.78 Å². The molecule has 0 spiro atoms. The Morgan fingerprint density at radius 3 is 2.61 bits per heavy atom. The number of aromatic nitrogens is 1. The molecule has 0 bridgehead atoms. The van der Waals surface area contributed by atoms with Crippen molar-refractivity contribution in [1.29, 1.82) is 0 Å². The second kappa shape index (κ2) is 10.4. The monoisotopic (exact) mass is 437 g/mol. The van der Waals surface area contributed by atoms with Crippen LogP contribution in [0.3, 0.4) is 0 Å². The quantitative estimate of drug-likeness (QED) is 0.439. The van der Waals surface area contributed by atoms with E-state index in [-0.39, 0.29) is 12.1 Å². The number of rotatable bonds is 8. The maximum atomic E-state index is 13.0. The van der Waals surface area contributed by atoms with Gasteiger partial charge in [0.1, 0.15) is 17.4 Å². The van der Waals surface area contributed by atoms with Gasteiger partial charge in [0.25, 0.3) is 0 Å². The number of amides is 2. The van der Waals surface area contributed by atoms with Gasteiger partial charge in [-0.3, -0.25) is 0 Å². The third kappa shape index (κ3) is 6.07. The summed E-state index contributed by atoms with van der Waals surface area (Å²) in [6, 6.07) is 13.9.